The van der Waals surface area contributed by atoms with Gasteiger partial charge in [0.05, 0.1) is 18.8 Å². The zero-order valence-corrected chi connectivity index (χ0v) is 13.4. The number of ether oxygens (including phenoxy) is 1. The summed E-state index contributed by atoms with van der Waals surface area (Å²) in [7, 11) is 1.66. The molecular weight excluding hydrogens is 332 g/mol. The van der Waals surface area contributed by atoms with Gasteiger partial charge in [0, 0.05) is 22.3 Å². The highest BCUT2D eigenvalue weighted by molar-refractivity contribution is 9.10. The highest BCUT2D eigenvalue weighted by Crippen LogP contribution is 2.34. The molecule has 0 saturated carbocycles. The molecule has 1 aliphatic rings. The quantitative estimate of drug-likeness (QED) is 0.890. The third-order valence-corrected chi connectivity index (χ3v) is 4.53. The van der Waals surface area contributed by atoms with E-state index in [0.717, 1.165) is 40.9 Å². The molecule has 0 fully saturated rings. The fraction of sp³-hybridized carbons (Fsp3) is 0.312. The van der Waals surface area contributed by atoms with Gasteiger partial charge >= 0.3 is 0 Å². The lowest BCUT2D eigenvalue weighted by molar-refractivity contribution is 0.415. The van der Waals surface area contributed by atoms with Gasteiger partial charge < -0.3 is 15.0 Å². The van der Waals surface area contributed by atoms with Crippen LogP contribution < -0.4 is 15.6 Å². The average molecular weight is 349 g/mol. The zero-order valence-electron chi connectivity index (χ0n) is 11.8. The van der Waals surface area contributed by atoms with Crippen molar-refractivity contribution in [3.8, 4) is 5.75 Å². The number of benzene rings is 1. The largest absolute Gasteiger partial charge is 0.497 e. The molecule has 21 heavy (non-hydrogen) atoms. The molecule has 0 amide bonds. The third-order valence-electron chi connectivity index (χ3n) is 3.84. The number of aromatic nitrogens is 1. The maximum atomic E-state index is 11.4. The van der Waals surface area contributed by atoms with Gasteiger partial charge in [-0.2, -0.15) is 0 Å². The van der Waals surface area contributed by atoms with Crippen LogP contribution in [0.15, 0.2) is 39.6 Å². The van der Waals surface area contributed by atoms with Gasteiger partial charge in [0.1, 0.15) is 5.75 Å². The van der Waals surface area contributed by atoms with Crippen molar-refractivity contribution in [3.63, 3.8) is 0 Å². The van der Waals surface area contributed by atoms with E-state index in [0.29, 0.717) is 0 Å². The maximum absolute atomic E-state index is 11.4. The Bertz CT molecular complexity index is 712. The number of pyridine rings is 1. The number of hydrogen-bond donors (Lipinski definition) is 2. The van der Waals surface area contributed by atoms with Crippen molar-refractivity contribution in [1.82, 2.24) is 4.98 Å². The summed E-state index contributed by atoms with van der Waals surface area (Å²) in [5, 5.41) is 3.55. The highest BCUT2D eigenvalue weighted by atomic mass is 79.9. The van der Waals surface area contributed by atoms with E-state index in [-0.39, 0.29) is 11.6 Å². The summed E-state index contributed by atoms with van der Waals surface area (Å²) in [6.07, 6.45) is 3.04. The second kappa shape index (κ2) is 5.93. The number of methoxy groups -OCH3 is 1. The van der Waals surface area contributed by atoms with Crippen molar-refractivity contribution in [2.24, 2.45) is 0 Å². The Balaban J connectivity index is 1.92. The van der Waals surface area contributed by atoms with Crippen molar-refractivity contribution in [3.05, 3.63) is 56.4 Å². The zero-order chi connectivity index (χ0) is 14.8. The summed E-state index contributed by atoms with van der Waals surface area (Å²) in [6.45, 7) is 0. The summed E-state index contributed by atoms with van der Waals surface area (Å²) < 4.78 is 6.28. The predicted molar refractivity (Wildman–Crippen MR) is 87.1 cm³/mol. The second-order valence-corrected chi connectivity index (χ2v) is 6.05. The van der Waals surface area contributed by atoms with E-state index in [4.69, 9.17) is 4.74 Å². The molecule has 3 rings (SSSR count). The molecule has 1 aromatic heterocycles. The summed E-state index contributed by atoms with van der Waals surface area (Å²) >= 11 is 3.56. The minimum Gasteiger partial charge on any atom is -0.497 e. The van der Waals surface area contributed by atoms with Crippen LogP contribution in [-0.4, -0.2) is 12.1 Å². The predicted octanol–water partition coefficient (Wildman–Crippen LogP) is 3.64. The Morgan fingerprint density at radius 3 is 3.00 bits per heavy atom. The fourth-order valence-corrected chi connectivity index (χ4v) is 3.14. The summed E-state index contributed by atoms with van der Waals surface area (Å²) in [6, 6.07) is 9.59. The van der Waals surface area contributed by atoms with Gasteiger partial charge in [0.15, 0.2) is 0 Å². The molecule has 0 radical (unpaired) electrons. The molecule has 1 atom stereocenters. The molecule has 1 unspecified atom stereocenters. The average Bonchev–Trinajstić information content (AvgIpc) is 2.49. The maximum Gasteiger partial charge on any atom is 0.248 e. The van der Waals surface area contributed by atoms with Gasteiger partial charge in [-0.25, -0.2) is 0 Å². The Kier molecular flexibility index (Phi) is 4.01. The highest BCUT2D eigenvalue weighted by Gasteiger charge is 2.21. The first-order valence-electron chi connectivity index (χ1n) is 6.99. The van der Waals surface area contributed by atoms with Gasteiger partial charge in [0.2, 0.25) is 5.56 Å². The molecule has 4 nitrogen and oxygen atoms in total. The van der Waals surface area contributed by atoms with Crippen molar-refractivity contribution >= 4 is 21.6 Å². The van der Waals surface area contributed by atoms with Gasteiger partial charge in [-0.05, 0) is 59.0 Å². The lowest BCUT2D eigenvalue weighted by Crippen LogP contribution is -2.21. The standard InChI is InChI=1S/C16H17BrN2O2/c1-21-10-5-7-12(17)15(9-10)18-13-3-2-4-14-11(13)6-8-16(20)19-14/h5-9,13,18H,2-4H2,1H3,(H,19,20). The molecule has 2 N–H and O–H groups in total. The molecule has 110 valence electrons. The van der Waals surface area contributed by atoms with Crippen LogP contribution in [0.25, 0.3) is 0 Å². The first kappa shape index (κ1) is 14.2. The monoisotopic (exact) mass is 348 g/mol. The molecule has 1 heterocycles. The lowest BCUT2D eigenvalue weighted by atomic mass is 9.91. The van der Waals surface area contributed by atoms with Crippen LogP contribution >= 0.6 is 15.9 Å². The molecule has 2 aromatic rings. The van der Waals surface area contributed by atoms with Crippen LogP contribution in [0, 0.1) is 0 Å². The number of rotatable bonds is 3. The molecule has 0 saturated heterocycles. The minimum atomic E-state index is -0.0306. The van der Waals surface area contributed by atoms with Crippen LogP contribution in [0.3, 0.4) is 0 Å². The molecule has 1 aromatic carbocycles. The van der Waals surface area contributed by atoms with E-state index in [2.05, 4.69) is 26.2 Å². The second-order valence-electron chi connectivity index (χ2n) is 5.19. The Morgan fingerprint density at radius 1 is 1.33 bits per heavy atom. The summed E-state index contributed by atoms with van der Waals surface area (Å²) in [4.78, 5) is 14.4. The van der Waals surface area contributed by atoms with Crippen LogP contribution in [0.5, 0.6) is 5.75 Å². The van der Waals surface area contributed by atoms with Gasteiger partial charge in [-0.1, -0.05) is 0 Å². The van der Waals surface area contributed by atoms with E-state index in [1.165, 1.54) is 5.56 Å². The van der Waals surface area contributed by atoms with E-state index in [9.17, 15) is 4.79 Å². The fourth-order valence-electron chi connectivity index (χ4n) is 2.78. The minimum absolute atomic E-state index is 0.0306. The molecular formula is C16H17BrN2O2. The first-order chi connectivity index (χ1) is 10.2. The van der Waals surface area contributed by atoms with Crippen molar-refractivity contribution < 1.29 is 4.74 Å². The van der Waals surface area contributed by atoms with E-state index in [1.54, 1.807) is 13.2 Å². The van der Waals surface area contributed by atoms with Crippen LogP contribution in [0.1, 0.15) is 30.1 Å². The number of aryl methyl sites for hydroxylation is 1. The van der Waals surface area contributed by atoms with Crippen LogP contribution in [0.2, 0.25) is 0 Å². The molecule has 0 aliphatic heterocycles. The SMILES string of the molecule is COc1ccc(Br)c(NC2CCCc3[nH]c(=O)ccc32)c1. The van der Waals surface area contributed by atoms with E-state index < -0.39 is 0 Å². The van der Waals surface area contributed by atoms with E-state index in [1.807, 2.05) is 24.3 Å². The summed E-state index contributed by atoms with van der Waals surface area (Å²) in [5.41, 5.74) is 3.19. The van der Waals surface area contributed by atoms with Gasteiger partial charge in [-0.15, -0.1) is 0 Å². The molecule has 0 spiro atoms. The van der Waals surface area contributed by atoms with Crippen molar-refractivity contribution in [2.45, 2.75) is 25.3 Å². The normalized spacial score (nSPS) is 17.1. The summed E-state index contributed by atoms with van der Waals surface area (Å²) in [5.74, 6) is 0.818. The number of anilines is 1. The molecule has 5 heteroatoms. The third kappa shape index (κ3) is 2.97. The smallest absolute Gasteiger partial charge is 0.248 e. The number of fused-ring (bicyclic) bond motifs is 1. The van der Waals surface area contributed by atoms with E-state index >= 15 is 0 Å². The number of aromatic amines is 1. The van der Waals surface area contributed by atoms with Gasteiger partial charge in [-0.3, -0.25) is 4.79 Å². The molecule has 0 bridgehead atoms. The number of H-pyrrole nitrogens is 1. The number of hydrogen-bond acceptors (Lipinski definition) is 3. The van der Waals surface area contributed by atoms with Crippen molar-refractivity contribution in [2.75, 3.05) is 12.4 Å². The Morgan fingerprint density at radius 2 is 2.19 bits per heavy atom. The topological polar surface area (TPSA) is 54.1 Å². The number of halogens is 1. The first-order valence-corrected chi connectivity index (χ1v) is 7.79. The lowest BCUT2D eigenvalue weighted by Gasteiger charge is -2.27. The van der Waals surface area contributed by atoms with Crippen molar-refractivity contribution in [1.29, 1.82) is 0 Å². The molecule has 1 aliphatic carbocycles. The van der Waals surface area contributed by atoms with Crippen LogP contribution in [0.4, 0.5) is 5.69 Å². The number of nitrogens with one attached hydrogen (secondary N) is 2. The van der Waals surface area contributed by atoms with Gasteiger partial charge in [0.25, 0.3) is 0 Å². The Labute approximate surface area is 131 Å². The van der Waals surface area contributed by atoms with Crippen LogP contribution in [-0.2, 0) is 6.42 Å². The Hall–Kier alpha value is -1.75.